The number of likely N-dealkylation sites (N-methyl/N-ethyl adjacent to an activating group) is 1. The fraction of sp³-hybridized carbons (Fsp3) is 0.333. The van der Waals surface area contributed by atoms with Gasteiger partial charge in [0.15, 0.2) is 0 Å². The van der Waals surface area contributed by atoms with Crippen LogP contribution in [0.15, 0.2) is 42.6 Å². The number of rotatable bonds is 5. The predicted molar refractivity (Wildman–Crippen MR) is 111 cm³/mol. The molecule has 0 bridgehead atoms. The summed E-state index contributed by atoms with van der Waals surface area (Å²) in [5, 5.41) is 7.21. The van der Waals surface area contributed by atoms with Crippen LogP contribution in [0.1, 0.15) is 28.3 Å². The maximum Gasteiger partial charge on any atom is 0.271 e. The molecule has 29 heavy (non-hydrogen) atoms. The van der Waals surface area contributed by atoms with E-state index >= 15 is 0 Å². The van der Waals surface area contributed by atoms with E-state index in [1.165, 1.54) is 5.56 Å². The Hall–Kier alpha value is -3.26. The van der Waals surface area contributed by atoms with Crippen LogP contribution >= 0.6 is 0 Å². The number of nitrogen functional groups attached to an aromatic ring is 1. The van der Waals surface area contributed by atoms with Gasteiger partial charge >= 0.3 is 0 Å². The smallest absolute Gasteiger partial charge is 0.271 e. The Morgan fingerprint density at radius 3 is 2.86 bits per heavy atom. The molecule has 1 fully saturated rings. The van der Waals surface area contributed by atoms with E-state index in [4.69, 9.17) is 5.73 Å². The van der Waals surface area contributed by atoms with Gasteiger partial charge in [-0.1, -0.05) is 29.8 Å². The molecule has 0 saturated carbocycles. The number of H-pyrrole nitrogens is 1. The molecule has 1 aromatic carbocycles. The van der Waals surface area contributed by atoms with Crippen molar-refractivity contribution in [3.05, 3.63) is 59.7 Å². The van der Waals surface area contributed by atoms with Crippen LogP contribution in [-0.4, -0.2) is 62.1 Å². The highest BCUT2D eigenvalue weighted by Gasteiger charge is 2.30. The van der Waals surface area contributed by atoms with Crippen molar-refractivity contribution in [1.82, 2.24) is 30.0 Å². The van der Waals surface area contributed by atoms with Gasteiger partial charge < -0.3 is 10.6 Å². The van der Waals surface area contributed by atoms with Crippen molar-refractivity contribution in [1.29, 1.82) is 0 Å². The fourth-order valence-electron chi connectivity index (χ4n) is 3.60. The predicted octanol–water partition coefficient (Wildman–Crippen LogP) is 2.10. The number of likely N-dealkylation sites (tertiary alicyclic amines) is 1. The highest BCUT2D eigenvalue weighted by Crippen LogP contribution is 2.21. The van der Waals surface area contributed by atoms with Gasteiger partial charge in [-0.15, -0.1) is 0 Å². The zero-order chi connectivity index (χ0) is 20.4. The maximum atomic E-state index is 12.9. The van der Waals surface area contributed by atoms with Crippen LogP contribution in [0.25, 0.3) is 11.3 Å². The molecule has 1 saturated heterocycles. The first-order valence-corrected chi connectivity index (χ1v) is 9.69. The van der Waals surface area contributed by atoms with Crippen molar-refractivity contribution in [2.75, 3.05) is 25.9 Å². The Morgan fingerprint density at radius 2 is 2.10 bits per heavy atom. The number of aromatic nitrogens is 4. The highest BCUT2D eigenvalue weighted by molar-refractivity contribution is 5.93. The van der Waals surface area contributed by atoms with Gasteiger partial charge in [0.2, 0.25) is 0 Å². The molecule has 0 radical (unpaired) electrons. The summed E-state index contributed by atoms with van der Waals surface area (Å²) in [4.78, 5) is 25.5. The molecule has 3 aromatic rings. The molecule has 0 unspecified atom stereocenters. The van der Waals surface area contributed by atoms with Crippen LogP contribution in [-0.2, 0) is 6.54 Å². The number of nitrogens with one attached hydrogen (secondary N) is 1. The number of aromatic amines is 1. The first-order chi connectivity index (χ1) is 14.0. The number of amides is 1. The Kier molecular flexibility index (Phi) is 5.26. The van der Waals surface area contributed by atoms with Crippen LogP contribution in [0.2, 0.25) is 0 Å². The molecular formula is C21H25N7O. The Morgan fingerprint density at radius 1 is 1.31 bits per heavy atom. The van der Waals surface area contributed by atoms with E-state index in [2.05, 4.69) is 25.1 Å². The topological polar surface area (TPSA) is 104 Å². The summed E-state index contributed by atoms with van der Waals surface area (Å²) >= 11 is 0. The van der Waals surface area contributed by atoms with E-state index in [0.717, 1.165) is 17.7 Å². The largest absolute Gasteiger partial charge is 0.384 e. The number of carbonyl (C=O) groups excluding carboxylic acids is 1. The van der Waals surface area contributed by atoms with Gasteiger partial charge in [0.25, 0.3) is 5.91 Å². The van der Waals surface area contributed by atoms with E-state index in [0.29, 0.717) is 37.0 Å². The zero-order valence-corrected chi connectivity index (χ0v) is 16.7. The van der Waals surface area contributed by atoms with Gasteiger partial charge in [-0.3, -0.25) is 14.8 Å². The lowest BCUT2D eigenvalue weighted by molar-refractivity contribution is 0.0773. The Balaban J connectivity index is 1.38. The van der Waals surface area contributed by atoms with Crippen molar-refractivity contribution >= 4 is 11.7 Å². The zero-order valence-electron chi connectivity index (χ0n) is 16.7. The quantitative estimate of drug-likeness (QED) is 0.690. The SMILES string of the molecule is Cc1ccc(-c2cc(C(=O)N3CC[C@H](N(C)Cc4nccc(N)n4)C3)[nH]n2)cc1. The summed E-state index contributed by atoms with van der Waals surface area (Å²) in [6.07, 6.45) is 2.57. The van der Waals surface area contributed by atoms with Crippen molar-refractivity contribution in [3.8, 4) is 11.3 Å². The molecule has 0 aliphatic carbocycles. The Labute approximate surface area is 169 Å². The minimum atomic E-state index is -0.0213. The average molecular weight is 391 g/mol. The van der Waals surface area contributed by atoms with Crippen LogP contribution in [0.3, 0.4) is 0 Å². The number of benzene rings is 1. The molecule has 0 spiro atoms. The normalized spacial score (nSPS) is 16.5. The van der Waals surface area contributed by atoms with Gasteiger partial charge in [0.05, 0.1) is 12.2 Å². The number of aryl methyl sites for hydroxylation is 1. The molecule has 1 aliphatic heterocycles. The van der Waals surface area contributed by atoms with Gasteiger partial charge in [-0.05, 0) is 32.5 Å². The molecule has 1 atom stereocenters. The molecule has 150 valence electrons. The van der Waals surface area contributed by atoms with Crippen LogP contribution in [0.5, 0.6) is 0 Å². The van der Waals surface area contributed by atoms with Gasteiger partial charge in [-0.25, -0.2) is 9.97 Å². The molecule has 4 rings (SSSR count). The van der Waals surface area contributed by atoms with E-state index < -0.39 is 0 Å². The Bertz CT molecular complexity index is 998. The third-order valence-corrected chi connectivity index (χ3v) is 5.35. The minimum Gasteiger partial charge on any atom is -0.384 e. The van der Waals surface area contributed by atoms with Crippen LogP contribution < -0.4 is 5.73 Å². The van der Waals surface area contributed by atoms with Gasteiger partial charge in [0, 0.05) is 30.9 Å². The van der Waals surface area contributed by atoms with E-state index in [-0.39, 0.29) is 11.9 Å². The minimum absolute atomic E-state index is 0.0213. The summed E-state index contributed by atoms with van der Waals surface area (Å²) in [7, 11) is 2.02. The average Bonchev–Trinajstić information content (AvgIpc) is 3.38. The third kappa shape index (κ3) is 4.27. The second-order valence-corrected chi connectivity index (χ2v) is 7.54. The van der Waals surface area contributed by atoms with Crippen LogP contribution in [0.4, 0.5) is 5.82 Å². The van der Waals surface area contributed by atoms with E-state index in [9.17, 15) is 4.79 Å². The fourth-order valence-corrected chi connectivity index (χ4v) is 3.60. The lowest BCUT2D eigenvalue weighted by atomic mass is 10.1. The molecular weight excluding hydrogens is 366 g/mol. The third-order valence-electron chi connectivity index (χ3n) is 5.35. The van der Waals surface area contributed by atoms with Crippen LogP contribution in [0, 0.1) is 6.92 Å². The summed E-state index contributed by atoms with van der Waals surface area (Å²) in [5.74, 6) is 1.14. The number of nitrogens with two attached hydrogens (primary N) is 1. The number of carbonyl (C=O) groups is 1. The molecule has 2 aromatic heterocycles. The summed E-state index contributed by atoms with van der Waals surface area (Å²) in [6, 6.07) is 11.9. The van der Waals surface area contributed by atoms with Gasteiger partial charge in [-0.2, -0.15) is 5.10 Å². The van der Waals surface area contributed by atoms with Crippen molar-refractivity contribution in [3.63, 3.8) is 0 Å². The number of hydrogen-bond acceptors (Lipinski definition) is 6. The lowest BCUT2D eigenvalue weighted by Crippen LogP contribution is -2.36. The highest BCUT2D eigenvalue weighted by atomic mass is 16.2. The monoisotopic (exact) mass is 391 g/mol. The van der Waals surface area contributed by atoms with E-state index in [1.54, 1.807) is 12.3 Å². The van der Waals surface area contributed by atoms with Crippen molar-refractivity contribution < 1.29 is 4.79 Å². The first kappa shape index (κ1) is 19.1. The summed E-state index contributed by atoms with van der Waals surface area (Å²) in [6.45, 7) is 4.02. The molecule has 8 nitrogen and oxygen atoms in total. The molecule has 3 heterocycles. The maximum absolute atomic E-state index is 12.9. The standard InChI is InChI=1S/C21H25N7O/c1-14-3-5-15(6-4-14)17-11-18(26-25-17)21(29)28-10-8-16(12-28)27(2)13-20-23-9-7-19(22)24-20/h3-7,9,11,16H,8,10,12-13H2,1-2H3,(H,25,26)(H2,22,23,24)/t16-/m0/s1. The lowest BCUT2D eigenvalue weighted by Gasteiger charge is -2.23. The molecule has 1 amide bonds. The molecule has 3 N–H and O–H groups in total. The first-order valence-electron chi connectivity index (χ1n) is 9.69. The number of nitrogens with zero attached hydrogens (tertiary/aromatic N) is 5. The summed E-state index contributed by atoms with van der Waals surface area (Å²) in [5.41, 5.74) is 9.21. The van der Waals surface area contributed by atoms with Gasteiger partial charge in [0.1, 0.15) is 17.3 Å². The van der Waals surface area contributed by atoms with Crippen molar-refractivity contribution in [2.24, 2.45) is 0 Å². The molecule has 1 aliphatic rings. The van der Waals surface area contributed by atoms with Crippen molar-refractivity contribution in [2.45, 2.75) is 25.9 Å². The second-order valence-electron chi connectivity index (χ2n) is 7.54. The second kappa shape index (κ2) is 8.00. The summed E-state index contributed by atoms with van der Waals surface area (Å²) < 4.78 is 0. The van der Waals surface area contributed by atoms with E-state index in [1.807, 2.05) is 49.2 Å². The number of hydrogen-bond donors (Lipinski definition) is 2. The number of anilines is 1. The molecule has 8 heteroatoms.